The molecule has 3 rings (SSSR count). The molecule has 0 aliphatic carbocycles. The van der Waals surface area contributed by atoms with E-state index >= 15 is 0 Å². The molecule has 0 radical (unpaired) electrons. The molecule has 2 amide bonds. The third-order valence-corrected chi connectivity index (χ3v) is 8.43. The number of ether oxygens (including phenoxy) is 2. The second-order valence-electron chi connectivity index (χ2n) is 9.87. The van der Waals surface area contributed by atoms with Gasteiger partial charge in [0.25, 0.3) is 0 Å². The Hall–Kier alpha value is -1.45. The lowest BCUT2D eigenvalue weighted by molar-refractivity contribution is -0.154. The maximum atomic E-state index is 14.1. The lowest BCUT2D eigenvalue weighted by Crippen LogP contribution is -2.57. The first-order valence-electron chi connectivity index (χ1n) is 13.2. The highest BCUT2D eigenvalue weighted by Crippen LogP contribution is 2.60. The Morgan fingerprint density at radius 2 is 2.00 bits per heavy atom. The van der Waals surface area contributed by atoms with Gasteiger partial charge in [0.05, 0.1) is 24.5 Å². The van der Waals surface area contributed by atoms with E-state index in [0.717, 1.165) is 38.5 Å². The van der Waals surface area contributed by atoms with E-state index in [2.05, 4.69) is 29.4 Å². The average molecular weight is 558 g/mol. The molecular weight excluding hydrogens is 516 g/mol. The van der Waals surface area contributed by atoms with Gasteiger partial charge in [-0.1, -0.05) is 54.6 Å². The number of alkyl halides is 1. The maximum absolute atomic E-state index is 14.1. The molecule has 8 nitrogen and oxygen atoms in total. The first-order valence-corrected chi connectivity index (χ1v) is 14.1. The molecule has 0 aromatic rings. The number of aliphatic hydroxyl groups excluding tert-OH is 1. The van der Waals surface area contributed by atoms with E-state index in [0.29, 0.717) is 32.5 Å². The summed E-state index contributed by atoms with van der Waals surface area (Å²) >= 11 is 3.68. The van der Waals surface area contributed by atoms with Gasteiger partial charge in [0.2, 0.25) is 11.8 Å². The number of esters is 1. The minimum atomic E-state index is -1.04. The molecule has 0 aromatic carbocycles. The molecule has 3 fully saturated rings. The fourth-order valence-corrected chi connectivity index (χ4v) is 7.02. The summed E-state index contributed by atoms with van der Waals surface area (Å²) in [5, 5.41) is 9.08. The van der Waals surface area contributed by atoms with E-state index in [1.54, 1.807) is 22.8 Å². The summed E-state index contributed by atoms with van der Waals surface area (Å²) in [6.07, 6.45) is 7.81. The third kappa shape index (κ3) is 5.47. The number of carbonyl (C=O) groups excluding carboxylic acids is 3. The van der Waals surface area contributed by atoms with Crippen LogP contribution in [0.3, 0.4) is 0 Å². The first-order chi connectivity index (χ1) is 16.9. The highest BCUT2D eigenvalue weighted by atomic mass is 79.9. The number of likely N-dealkylation sites (tertiary alicyclic amines) is 1. The summed E-state index contributed by atoms with van der Waals surface area (Å²) in [7, 11) is 0. The van der Waals surface area contributed by atoms with Gasteiger partial charge in [-0.3, -0.25) is 14.4 Å². The Morgan fingerprint density at radius 1 is 1.26 bits per heavy atom. The number of rotatable bonds is 15. The van der Waals surface area contributed by atoms with Crippen molar-refractivity contribution >= 4 is 33.7 Å². The lowest BCUT2D eigenvalue weighted by atomic mass is 9.70. The van der Waals surface area contributed by atoms with Gasteiger partial charge >= 0.3 is 5.97 Å². The Kier molecular flexibility index (Phi) is 10.2. The summed E-state index contributed by atoms with van der Waals surface area (Å²) in [5.41, 5.74) is -1.04. The lowest BCUT2D eigenvalue weighted by Gasteiger charge is -2.37. The van der Waals surface area contributed by atoms with Crippen LogP contribution in [0, 0.1) is 11.8 Å². The van der Waals surface area contributed by atoms with Crippen molar-refractivity contribution in [2.45, 2.75) is 87.8 Å². The monoisotopic (exact) mass is 556 g/mol. The van der Waals surface area contributed by atoms with Crippen molar-refractivity contribution in [3.63, 3.8) is 0 Å². The maximum Gasteiger partial charge on any atom is 0.312 e. The van der Waals surface area contributed by atoms with Crippen LogP contribution in [-0.4, -0.2) is 88.1 Å². The molecule has 3 saturated heterocycles. The van der Waals surface area contributed by atoms with Crippen LogP contribution in [0.4, 0.5) is 0 Å². The number of aliphatic hydroxyl groups is 1. The van der Waals surface area contributed by atoms with Gasteiger partial charge in [-0.25, -0.2) is 0 Å². The van der Waals surface area contributed by atoms with Crippen molar-refractivity contribution in [1.29, 1.82) is 0 Å². The quantitative estimate of drug-likeness (QED) is 0.144. The Morgan fingerprint density at radius 3 is 2.66 bits per heavy atom. The summed E-state index contributed by atoms with van der Waals surface area (Å²) in [5.74, 6) is -2.17. The van der Waals surface area contributed by atoms with Gasteiger partial charge < -0.3 is 24.4 Å². The molecule has 2 bridgehead atoms. The zero-order valence-electron chi connectivity index (χ0n) is 21.1. The predicted octanol–water partition coefficient (Wildman–Crippen LogP) is 3.06. The number of halogens is 1. The van der Waals surface area contributed by atoms with Crippen molar-refractivity contribution in [1.82, 2.24) is 9.80 Å². The molecule has 6 atom stereocenters. The molecular formula is C26H41BrN2O6. The van der Waals surface area contributed by atoms with Crippen LogP contribution in [0.2, 0.25) is 0 Å². The Bertz CT molecular complexity index is 779. The Balaban J connectivity index is 1.93. The molecule has 0 aromatic heterocycles. The van der Waals surface area contributed by atoms with Crippen LogP contribution in [0.1, 0.15) is 65.2 Å². The van der Waals surface area contributed by atoms with Crippen molar-refractivity contribution in [3.8, 4) is 0 Å². The molecule has 0 saturated carbocycles. The van der Waals surface area contributed by atoms with E-state index in [9.17, 15) is 14.4 Å². The fraction of sp³-hybridized carbons (Fsp3) is 0.808. The van der Waals surface area contributed by atoms with Gasteiger partial charge in [0.15, 0.2) is 0 Å². The largest absolute Gasteiger partial charge is 0.466 e. The number of fused-ring (bicyclic) bond motifs is 1. The number of hydrogen-bond acceptors (Lipinski definition) is 6. The number of hydrogen-bond donors (Lipinski definition) is 1. The van der Waals surface area contributed by atoms with Crippen LogP contribution in [0.15, 0.2) is 12.7 Å². The van der Waals surface area contributed by atoms with Crippen molar-refractivity contribution in [2.24, 2.45) is 11.8 Å². The van der Waals surface area contributed by atoms with Crippen molar-refractivity contribution < 1.29 is 29.0 Å². The van der Waals surface area contributed by atoms with Crippen molar-refractivity contribution in [2.75, 3.05) is 32.8 Å². The average Bonchev–Trinajstić information content (AvgIpc) is 3.42. The normalized spacial score (nSPS) is 31.0. The summed E-state index contributed by atoms with van der Waals surface area (Å²) < 4.78 is 11.8. The van der Waals surface area contributed by atoms with E-state index in [-0.39, 0.29) is 29.9 Å². The van der Waals surface area contributed by atoms with E-state index in [1.165, 1.54) is 0 Å². The highest BCUT2D eigenvalue weighted by Gasteiger charge is 2.77. The standard InChI is InChI=1S/C26H41BrN2O6/c1-4-7-10-14-28(13-5-2)24(32)22-26-17-18(27)21(35-26)19(25(33)34-6-3)20(26)23(31)29(22)15-11-8-9-12-16-30/h5,18-22,30H,2,4,6-17H2,1,3H3/t18?,19-,20+,21-,22?,26?/m1/s1. The van der Waals surface area contributed by atoms with Crippen LogP contribution in [0.5, 0.6) is 0 Å². The molecule has 3 unspecified atom stereocenters. The van der Waals surface area contributed by atoms with E-state index in [4.69, 9.17) is 14.6 Å². The zero-order valence-corrected chi connectivity index (χ0v) is 22.7. The number of amides is 2. The number of carbonyl (C=O) groups is 3. The summed E-state index contributed by atoms with van der Waals surface area (Å²) in [6.45, 7) is 9.49. The summed E-state index contributed by atoms with van der Waals surface area (Å²) in [4.78, 5) is 44.3. The minimum absolute atomic E-state index is 0.128. The molecule has 3 aliphatic rings. The van der Waals surface area contributed by atoms with Gasteiger partial charge in [-0.15, -0.1) is 6.58 Å². The molecule has 9 heteroatoms. The number of unbranched alkanes of at least 4 members (excludes halogenated alkanes) is 5. The van der Waals surface area contributed by atoms with Crippen LogP contribution >= 0.6 is 15.9 Å². The number of nitrogens with zero attached hydrogens (tertiary/aromatic N) is 2. The first kappa shape index (κ1) is 28.1. The van der Waals surface area contributed by atoms with Crippen LogP contribution < -0.4 is 0 Å². The van der Waals surface area contributed by atoms with E-state index < -0.39 is 35.6 Å². The third-order valence-electron chi connectivity index (χ3n) is 7.58. The molecule has 3 aliphatic heterocycles. The van der Waals surface area contributed by atoms with Gasteiger partial charge in [0, 0.05) is 31.1 Å². The molecule has 3 heterocycles. The second-order valence-corrected chi connectivity index (χ2v) is 11.0. The van der Waals surface area contributed by atoms with Crippen molar-refractivity contribution in [3.05, 3.63) is 12.7 Å². The smallest absolute Gasteiger partial charge is 0.312 e. The van der Waals surface area contributed by atoms with E-state index in [1.807, 2.05) is 0 Å². The molecule has 1 spiro atoms. The molecule has 35 heavy (non-hydrogen) atoms. The molecule has 198 valence electrons. The second kappa shape index (κ2) is 12.7. The summed E-state index contributed by atoms with van der Waals surface area (Å²) in [6, 6.07) is -0.774. The molecule has 1 N–H and O–H groups in total. The fourth-order valence-electron chi connectivity index (χ4n) is 6.08. The van der Waals surface area contributed by atoms with Gasteiger partial charge in [0.1, 0.15) is 11.6 Å². The zero-order chi connectivity index (χ0) is 25.6. The van der Waals surface area contributed by atoms with Crippen LogP contribution in [-0.2, 0) is 23.9 Å². The highest BCUT2D eigenvalue weighted by molar-refractivity contribution is 9.09. The Labute approximate surface area is 217 Å². The van der Waals surface area contributed by atoms with Gasteiger partial charge in [-0.05, 0) is 32.6 Å². The van der Waals surface area contributed by atoms with Gasteiger partial charge in [-0.2, -0.15) is 0 Å². The SMILES string of the molecule is C=CCN(CCCCC)C(=O)C1N(CCCCCCO)C(=O)[C@@H]2[C@@H](C(=O)OCC)[C@@H]3OC12CC3Br. The predicted molar refractivity (Wildman–Crippen MR) is 136 cm³/mol. The van der Waals surface area contributed by atoms with Crippen LogP contribution in [0.25, 0.3) is 0 Å². The topological polar surface area (TPSA) is 96.4 Å². The minimum Gasteiger partial charge on any atom is -0.466 e.